The van der Waals surface area contributed by atoms with Crippen LogP contribution in [0.1, 0.15) is 36.8 Å². The van der Waals surface area contributed by atoms with Gasteiger partial charge < -0.3 is 16.4 Å². The van der Waals surface area contributed by atoms with E-state index in [2.05, 4.69) is 59.2 Å². The summed E-state index contributed by atoms with van der Waals surface area (Å²) in [5.41, 5.74) is 8.31. The molecule has 4 rings (SSSR count). The van der Waals surface area contributed by atoms with Gasteiger partial charge in [-0.1, -0.05) is 60.7 Å². The third-order valence-corrected chi connectivity index (χ3v) is 7.34. The Bertz CT molecular complexity index is 886. The monoisotopic (exact) mass is 433 g/mol. The molecule has 0 radical (unpaired) electrons. The van der Waals surface area contributed by atoms with E-state index in [1.54, 1.807) is 0 Å². The van der Waals surface area contributed by atoms with Gasteiger partial charge in [-0.2, -0.15) is 0 Å². The molecule has 5 atom stereocenters. The van der Waals surface area contributed by atoms with E-state index in [0.29, 0.717) is 17.8 Å². The minimum atomic E-state index is -0.265. The molecule has 0 spiro atoms. The van der Waals surface area contributed by atoms with Gasteiger partial charge in [-0.25, -0.2) is 0 Å². The molecule has 0 aliphatic heterocycles. The fourth-order valence-electron chi connectivity index (χ4n) is 5.77. The number of amides is 2. The average molecular weight is 434 g/mol. The quantitative estimate of drug-likeness (QED) is 0.509. The summed E-state index contributed by atoms with van der Waals surface area (Å²) in [6, 6.07) is 21.0. The van der Waals surface area contributed by atoms with Crippen molar-refractivity contribution in [3.63, 3.8) is 0 Å². The van der Waals surface area contributed by atoms with E-state index in [1.807, 2.05) is 12.1 Å². The largest absolute Gasteiger partial charge is 0.369 e. The highest BCUT2D eigenvalue weighted by Gasteiger charge is 2.50. The predicted octanol–water partition coefficient (Wildman–Crippen LogP) is 3.08. The van der Waals surface area contributed by atoms with Crippen LogP contribution in [0.2, 0.25) is 0 Å². The second-order valence-corrected chi connectivity index (χ2v) is 9.57. The van der Waals surface area contributed by atoms with Crippen LogP contribution in [0.15, 0.2) is 60.7 Å². The van der Waals surface area contributed by atoms with Gasteiger partial charge in [-0.15, -0.1) is 0 Å². The van der Waals surface area contributed by atoms with Crippen LogP contribution in [0, 0.1) is 23.7 Å². The van der Waals surface area contributed by atoms with Crippen LogP contribution in [-0.4, -0.2) is 30.9 Å². The summed E-state index contributed by atoms with van der Waals surface area (Å²) >= 11 is 0. The number of nitrogens with two attached hydrogens (primary N) is 1. The number of fused-ring (bicyclic) bond motifs is 2. The van der Waals surface area contributed by atoms with Gasteiger partial charge in [-0.05, 0) is 74.0 Å². The van der Waals surface area contributed by atoms with Crippen molar-refractivity contribution < 1.29 is 9.59 Å². The summed E-state index contributed by atoms with van der Waals surface area (Å²) in [5.74, 6) is 0.692. The molecule has 2 saturated carbocycles. The first-order valence-electron chi connectivity index (χ1n) is 12.0. The lowest BCUT2D eigenvalue weighted by Gasteiger charge is -2.29. The van der Waals surface area contributed by atoms with Crippen LogP contribution in [0.3, 0.4) is 0 Å². The topological polar surface area (TPSA) is 84.2 Å². The Labute approximate surface area is 191 Å². The summed E-state index contributed by atoms with van der Waals surface area (Å²) in [6.07, 6.45) is 6.24. The third kappa shape index (κ3) is 5.77. The maximum absolute atomic E-state index is 12.6. The van der Waals surface area contributed by atoms with Gasteiger partial charge in [0.25, 0.3) is 0 Å². The Hall–Kier alpha value is -2.66. The summed E-state index contributed by atoms with van der Waals surface area (Å²) in [4.78, 5) is 24.5. The van der Waals surface area contributed by atoms with Crippen molar-refractivity contribution in [2.75, 3.05) is 13.1 Å². The summed E-state index contributed by atoms with van der Waals surface area (Å²) in [5, 5.41) is 6.50. The Kier molecular flexibility index (Phi) is 7.59. The Morgan fingerprint density at radius 1 is 0.938 bits per heavy atom. The highest BCUT2D eigenvalue weighted by Crippen LogP contribution is 2.48. The number of nitrogens with one attached hydrogen (secondary N) is 2. The average Bonchev–Trinajstić information content (AvgIpc) is 3.40. The molecule has 0 heterocycles. The molecule has 2 amide bonds. The van der Waals surface area contributed by atoms with E-state index >= 15 is 0 Å². The summed E-state index contributed by atoms with van der Waals surface area (Å²) in [6.45, 7) is 1.06. The van der Waals surface area contributed by atoms with Crippen LogP contribution in [0.25, 0.3) is 0 Å². The molecular formula is C27H35N3O2. The molecule has 2 aromatic carbocycles. The first-order chi connectivity index (χ1) is 15.6. The molecule has 2 aliphatic carbocycles. The van der Waals surface area contributed by atoms with Crippen LogP contribution in [0.4, 0.5) is 0 Å². The Morgan fingerprint density at radius 3 is 2.28 bits per heavy atom. The number of aryl methyl sites for hydroxylation is 1. The van der Waals surface area contributed by atoms with Crippen LogP contribution >= 0.6 is 0 Å². The van der Waals surface area contributed by atoms with Gasteiger partial charge in [0.1, 0.15) is 0 Å². The minimum Gasteiger partial charge on any atom is -0.369 e. The second-order valence-electron chi connectivity index (χ2n) is 9.57. The van der Waals surface area contributed by atoms with Gasteiger partial charge in [0.05, 0.1) is 12.5 Å². The summed E-state index contributed by atoms with van der Waals surface area (Å²) < 4.78 is 0. The van der Waals surface area contributed by atoms with Crippen molar-refractivity contribution in [1.29, 1.82) is 0 Å². The molecule has 2 aliphatic rings. The zero-order valence-electron chi connectivity index (χ0n) is 18.7. The van der Waals surface area contributed by atoms with Crippen molar-refractivity contribution in [3.8, 4) is 0 Å². The first kappa shape index (κ1) is 22.5. The molecule has 5 nitrogen and oxygen atoms in total. The fraction of sp³-hybridized carbons (Fsp3) is 0.481. The second kappa shape index (κ2) is 10.8. The lowest BCUT2D eigenvalue weighted by Crippen LogP contribution is -2.50. The zero-order chi connectivity index (χ0) is 22.3. The molecule has 0 aromatic heterocycles. The standard InChI is InChI=1S/C27H35N3O2/c28-27(32)25-22-13-14-23(16-22)26(25)30-24(31)18-29-17-21(15-20-9-5-2-6-10-20)12-11-19-7-3-1-4-8-19/h1-10,21-23,25-26,29H,11-18H2,(H2,28,32)(H,30,31). The molecular weight excluding hydrogens is 398 g/mol. The van der Waals surface area contributed by atoms with Crippen molar-refractivity contribution in [1.82, 2.24) is 10.6 Å². The van der Waals surface area contributed by atoms with Crippen molar-refractivity contribution >= 4 is 11.8 Å². The molecule has 2 bridgehead atoms. The number of carbonyl (C=O) groups is 2. The number of primary amides is 1. The molecule has 2 aromatic rings. The van der Waals surface area contributed by atoms with E-state index in [0.717, 1.165) is 45.1 Å². The van der Waals surface area contributed by atoms with E-state index in [-0.39, 0.29) is 30.3 Å². The SMILES string of the molecule is NC(=O)C1C2CCC(C2)C1NC(=O)CNCC(CCc1ccccc1)Cc1ccccc1. The Balaban J connectivity index is 1.28. The van der Waals surface area contributed by atoms with E-state index < -0.39 is 0 Å². The third-order valence-electron chi connectivity index (χ3n) is 7.34. The first-order valence-corrected chi connectivity index (χ1v) is 12.0. The van der Waals surface area contributed by atoms with Gasteiger partial charge in [0.15, 0.2) is 0 Å². The van der Waals surface area contributed by atoms with Gasteiger partial charge >= 0.3 is 0 Å². The molecule has 5 heteroatoms. The zero-order valence-corrected chi connectivity index (χ0v) is 18.7. The molecule has 32 heavy (non-hydrogen) atoms. The lowest BCUT2D eigenvalue weighted by molar-refractivity contribution is -0.126. The van der Waals surface area contributed by atoms with Crippen molar-refractivity contribution in [2.24, 2.45) is 29.4 Å². The van der Waals surface area contributed by atoms with Gasteiger partial charge in [0, 0.05) is 6.04 Å². The van der Waals surface area contributed by atoms with Crippen LogP contribution in [-0.2, 0) is 22.4 Å². The van der Waals surface area contributed by atoms with E-state index in [4.69, 9.17) is 5.73 Å². The van der Waals surface area contributed by atoms with Crippen molar-refractivity contribution in [2.45, 2.75) is 44.6 Å². The maximum Gasteiger partial charge on any atom is 0.234 e. The number of hydrogen-bond donors (Lipinski definition) is 3. The van der Waals surface area contributed by atoms with Gasteiger partial charge in [-0.3, -0.25) is 9.59 Å². The smallest absolute Gasteiger partial charge is 0.234 e. The number of benzene rings is 2. The number of carbonyl (C=O) groups excluding carboxylic acids is 2. The highest BCUT2D eigenvalue weighted by atomic mass is 16.2. The molecule has 4 N–H and O–H groups in total. The molecule has 5 unspecified atom stereocenters. The highest BCUT2D eigenvalue weighted by molar-refractivity contribution is 5.82. The van der Waals surface area contributed by atoms with Crippen molar-refractivity contribution in [3.05, 3.63) is 71.8 Å². The lowest BCUT2D eigenvalue weighted by atomic mass is 9.84. The van der Waals surface area contributed by atoms with E-state index in [1.165, 1.54) is 11.1 Å². The normalized spacial score (nSPS) is 24.9. The van der Waals surface area contributed by atoms with Crippen LogP contribution in [0.5, 0.6) is 0 Å². The Morgan fingerprint density at radius 2 is 1.59 bits per heavy atom. The molecule has 170 valence electrons. The number of hydrogen-bond acceptors (Lipinski definition) is 3. The minimum absolute atomic E-state index is 0.0321. The van der Waals surface area contributed by atoms with E-state index in [9.17, 15) is 9.59 Å². The van der Waals surface area contributed by atoms with Crippen LogP contribution < -0.4 is 16.4 Å². The molecule has 0 saturated heterocycles. The van der Waals surface area contributed by atoms with Gasteiger partial charge in [0.2, 0.25) is 11.8 Å². The summed E-state index contributed by atoms with van der Waals surface area (Å²) in [7, 11) is 0. The maximum atomic E-state index is 12.6. The fourth-order valence-corrected chi connectivity index (χ4v) is 5.77. The predicted molar refractivity (Wildman–Crippen MR) is 127 cm³/mol. The number of rotatable bonds is 11. The molecule has 2 fully saturated rings.